The number of hydrogen-bond acceptors (Lipinski definition) is 1. The zero-order valence-electron chi connectivity index (χ0n) is 9.44. The Morgan fingerprint density at radius 1 is 0.722 bits per heavy atom. The van der Waals surface area contributed by atoms with Gasteiger partial charge in [-0.2, -0.15) is 0 Å². The molecule has 0 saturated carbocycles. The minimum absolute atomic E-state index is 0.0984. The van der Waals surface area contributed by atoms with Crippen LogP contribution in [0.4, 0.5) is 0 Å². The van der Waals surface area contributed by atoms with E-state index in [0.29, 0.717) is 0 Å². The number of benzene rings is 2. The van der Waals surface area contributed by atoms with Gasteiger partial charge in [0.25, 0.3) is 0 Å². The van der Waals surface area contributed by atoms with E-state index in [1.54, 1.807) is 0 Å². The van der Waals surface area contributed by atoms with E-state index in [1.165, 1.54) is 0 Å². The molecule has 0 N–H and O–H groups in total. The number of alkyl halides is 2. The molecule has 1 nitrogen and oxygen atoms in total. The summed E-state index contributed by atoms with van der Waals surface area (Å²) in [6, 6.07) is 15.6. The van der Waals surface area contributed by atoms with Crippen molar-refractivity contribution in [2.24, 2.45) is 0 Å². The number of hydrogen-bond donors (Lipinski definition) is 0. The summed E-state index contributed by atoms with van der Waals surface area (Å²) in [5.74, 6) is 0.104. The van der Waals surface area contributed by atoms with Crippen LogP contribution in [0.2, 0.25) is 0 Å². The van der Waals surface area contributed by atoms with E-state index in [-0.39, 0.29) is 15.4 Å². The van der Waals surface area contributed by atoms with E-state index >= 15 is 0 Å². The Kier molecular flexibility index (Phi) is 3.12. The van der Waals surface area contributed by atoms with E-state index in [1.807, 2.05) is 48.5 Å². The van der Waals surface area contributed by atoms with Gasteiger partial charge >= 0.3 is 0 Å². The van der Waals surface area contributed by atoms with E-state index in [4.69, 9.17) is 0 Å². The fourth-order valence-electron chi connectivity index (χ4n) is 2.35. The molecular formula is C15H10Br2O. The molecule has 0 unspecified atom stereocenters. The highest BCUT2D eigenvalue weighted by atomic mass is 79.9. The third-order valence-electron chi connectivity index (χ3n) is 3.26. The topological polar surface area (TPSA) is 17.1 Å². The van der Waals surface area contributed by atoms with Gasteiger partial charge in [-0.15, -0.1) is 0 Å². The van der Waals surface area contributed by atoms with Gasteiger partial charge in [0, 0.05) is 11.1 Å². The van der Waals surface area contributed by atoms with Gasteiger partial charge in [-0.3, -0.25) is 4.79 Å². The molecule has 3 heteroatoms. The van der Waals surface area contributed by atoms with Crippen molar-refractivity contribution in [2.45, 2.75) is 9.65 Å². The Labute approximate surface area is 122 Å². The van der Waals surface area contributed by atoms with Crippen molar-refractivity contribution in [3.63, 3.8) is 0 Å². The molecule has 18 heavy (non-hydrogen) atoms. The molecule has 0 heterocycles. The van der Waals surface area contributed by atoms with Gasteiger partial charge in [0.05, 0.1) is 9.65 Å². The first-order valence-electron chi connectivity index (χ1n) is 5.71. The van der Waals surface area contributed by atoms with E-state index in [2.05, 4.69) is 31.9 Å². The SMILES string of the molecule is O=C1c2ccccc2[C@H](Br)[C@@H](Br)c2ccccc21. The van der Waals surface area contributed by atoms with Crippen LogP contribution in [-0.2, 0) is 0 Å². The quantitative estimate of drug-likeness (QED) is 0.612. The van der Waals surface area contributed by atoms with E-state index in [9.17, 15) is 4.79 Å². The molecule has 1 aliphatic carbocycles. The van der Waals surface area contributed by atoms with Crippen LogP contribution in [0, 0.1) is 0 Å². The molecule has 0 bridgehead atoms. The van der Waals surface area contributed by atoms with Crippen LogP contribution in [-0.4, -0.2) is 5.78 Å². The Hall–Kier alpha value is -0.930. The molecule has 0 radical (unpaired) electrons. The highest BCUT2D eigenvalue weighted by Crippen LogP contribution is 2.47. The molecule has 3 rings (SSSR count). The lowest BCUT2D eigenvalue weighted by Gasteiger charge is -2.16. The van der Waals surface area contributed by atoms with Crippen molar-refractivity contribution < 1.29 is 4.79 Å². The van der Waals surface area contributed by atoms with Crippen LogP contribution >= 0.6 is 31.9 Å². The minimum Gasteiger partial charge on any atom is -0.289 e. The van der Waals surface area contributed by atoms with Crippen molar-refractivity contribution in [1.29, 1.82) is 0 Å². The maximum Gasteiger partial charge on any atom is 0.193 e. The van der Waals surface area contributed by atoms with Crippen LogP contribution in [0.5, 0.6) is 0 Å². The molecule has 0 fully saturated rings. The second kappa shape index (κ2) is 4.63. The third-order valence-corrected chi connectivity index (χ3v) is 6.02. The predicted molar refractivity (Wildman–Crippen MR) is 79.7 cm³/mol. The maximum atomic E-state index is 12.6. The van der Waals surface area contributed by atoms with Crippen LogP contribution in [0.1, 0.15) is 36.7 Å². The number of halogens is 2. The zero-order valence-corrected chi connectivity index (χ0v) is 12.6. The molecule has 2 atom stereocenters. The highest BCUT2D eigenvalue weighted by Gasteiger charge is 2.31. The average molecular weight is 366 g/mol. The summed E-state index contributed by atoms with van der Waals surface area (Å²) in [7, 11) is 0. The van der Waals surface area contributed by atoms with Gasteiger partial charge < -0.3 is 0 Å². The Morgan fingerprint density at radius 3 is 1.56 bits per heavy atom. The second-order valence-electron chi connectivity index (χ2n) is 4.31. The van der Waals surface area contributed by atoms with Crippen molar-refractivity contribution in [1.82, 2.24) is 0 Å². The van der Waals surface area contributed by atoms with Crippen molar-refractivity contribution >= 4 is 37.6 Å². The summed E-state index contributed by atoms with van der Waals surface area (Å²) >= 11 is 7.40. The smallest absolute Gasteiger partial charge is 0.193 e. The standard InChI is InChI=1S/C15H10Br2O/c16-13-9-5-1-3-7-11(9)15(18)12-8-4-2-6-10(12)14(13)17/h1-8,13-14H/t13-,14-/m0/s1. The molecule has 0 aromatic heterocycles. The molecular weight excluding hydrogens is 356 g/mol. The Bertz CT molecular complexity index is 568. The zero-order chi connectivity index (χ0) is 12.7. The second-order valence-corrected chi connectivity index (χ2v) is 6.28. The van der Waals surface area contributed by atoms with Gasteiger partial charge in [0.15, 0.2) is 5.78 Å². The first-order valence-corrected chi connectivity index (χ1v) is 7.54. The molecule has 0 amide bonds. The normalized spacial score (nSPS) is 22.0. The van der Waals surface area contributed by atoms with E-state index < -0.39 is 0 Å². The molecule has 1 aliphatic rings. The summed E-state index contributed by atoms with van der Waals surface area (Å²) in [4.78, 5) is 12.8. The summed E-state index contributed by atoms with van der Waals surface area (Å²) in [5, 5.41) is 0. The molecule has 2 aromatic rings. The van der Waals surface area contributed by atoms with Crippen LogP contribution in [0.3, 0.4) is 0 Å². The van der Waals surface area contributed by atoms with Crippen LogP contribution in [0.15, 0.2) is 48.5 Å². The number of carbonyl (C=O) groups is 1. The highest BCUT2D eigenvalue weighted by molar-refractivity contribution is 9.12. The first kappa shape index (κ1) is 12.1. The fourth-order valence-corrected chi connectivity index (χ4v) is 3.72. The lowest BCUT2D eigenvalue weighted by molar-refractivity contribution is 0.103. The lowest BCUT2D eigenvalue weighted by atomic mass is 9.99. The van der Waals surface area contributed by atoms with Crippen molar-refractivity contribution in [2.75, 3.05) is 0 Å². The number of carbonyl (C=O) groups excluding carboxylic acids is 1. The van der Waals surface area contributed by atoms with Crippen molar-refractivity contribution in [3.05, 3.63) is 70.8 Å². The largest absolute Gasteiger partial charge is 0.289 e. The summed E-state index contributed by atoms with van der Waals surface area (Å²) < 4.78 is 0. The molecule has 90 valence electrons. The van der Waals surface area contributed by atoms with Gasteiger partial charge in [-0.25, -0.2) is 0 Å². The lowest BCUT2D eigenvalue weighted by Crippen LogP contribution is -2.03. The molecule has 2 aromatic carbocycles. The summed E-state index contributed by atoms with van der Waals surface area (Å²) in [6.45, 7) is 0. The number of ketones is 1. The maximum absolute atomic E-state index is 12.6. The van der Waals surface area contributed by atoms with Gasteiger partial charge in [-0.1, -0.05) is 80.4 Å². The van der Waals surface area contributed by atoms with E-state index in [0.717, 1.165) is 22.3 Å². The Morgan fingerprint density at radius 2 is 1.11 bits per heavy atom. The predicted octanol–water partition coefficient (Wildman–Crippen LogP) is 4.80. The monoisotopic (exact) mass is 364 g/mol. The summed E-state index contributed by atoms with van der Waals surface area (Å²) in [5.41, 5.74) is 3.66. The first-order chi connectivity index (χ1) is 8.70. The molecule has 0 spiro atoms. The molecule has 0 saturated heterocycles. The van der Waals surface area contributed by atoms with Gasteiger partial charge in [0.1, 0.15) is 0 Å². The van der Waals surface area contributed by atoms with Crippen LogP contribution in [0.25, 0.3) is 0 Å². The average Bonchev–Trinajstić information content (AvgIpc) is 2.51. The summed E-state index contributed by atoms with van der Waals surface area (Å²) in [6.07, 6.45) is 0. The number of rotatable bonds is 0. The Balaban J connectivity index is 2.31. The van der Waals surface area contributed by atoms with Crippen LogP contribution < -0.4 is 0 Å². The van der Waals surface area contributed by atoms with Gasteiger partial charge in [-0.05, 0) is 11.1 Å². The minimum atomic E-state index is 0.0984. The van der Waals surface area contributed by atoms with Crippen molar-refractivity contribution in [3.8, 4) is 0 Å². The van der Waals surface area contributed by atoms with Gasteiger partial charge in [0.2, 0.25) is 0 Å². The number of fused-ring (bicyclic) bond motifs is 2. The molecule has 0 aliphatic heterocycles. The third kappa shape index (κ3) is 1.77. The fraction of sp³-hybridized carbons (Fsp3) is 0.133.